The molecule has 1 heterocycles. The Bertz CT molecular complexity index is 595. The standard InChI is InChI=1S/C12H11BrF3N3O/c1-7(19-11(17)10(13)6-18-19)8-2-4-9(5-3-8)20-12(14,15)16/h2-7H,17H2,1H3. The number of hydrogen-bond donors (Lipinski definition) is 1. The molecule has 0 fully saturated rings. The third-order valence-corrected chi connectivity index (χ3v) is 3.36. The van der Waals surface area contributed by atoms with Crippen LogP contribution in [0.5, 0.6) is 5.75 Å². The highest BCUT2D eigenvalue weighted by molar-refractivity contribution is 9.10. The van der Waals surface area contributed by atoms with E-state index in [-0.39, 0.29) is 11.8 Å². The Kier molecular flexibility index (Phi) is 3.94. The number of hydrogen-bond acceptors (Lipinski definition) is 3. The van der Waals surface area contributed by atoms with Gasteiger partial charge in [-0.3, -0.25) is 0 Å². The summed E-state index contributed by atoms with van der Waals surface area (Å²) in [5, 5.41) is 4.11. The smallest absolute Gasteiger partial charge is 0.406 e. The first kappa shape index (κ1) is 14.7. The minimum atomic E-state index is -4.69. The summed E-state index contributed by atoms with van der Waals surface area (Å²) in [6, 6.07) is 5.39. The van der Waals surface area contributed by atoms with E-state index in [4.69, 9.17) is 5.73 Å². The van der Waals surface area contributed by atoms with Crippen LogP contribution in [0, 0.1) is 0 Å². The maximum atomic E-state index is 12.1. The molecule has 2 N–H and O–H groups in total. The van der Waals surface area contributed by atoms with Crippen molar-refractivity contribution >= 4 is 21.7 Å². The summed E-state index contributed by atoms with van der Waals surface area (Å²) in [4.78, 5) is 0. The summed E-state index contributed by atoms with van der Waals surface area (Å²) >= 11 is 3.25. The maximum Gasteiger partial charge on any atom is 0.573 e. The molecule has 0 aliphatic heterocycles. The Morgan fingerprint density at radius 3 is 2.35 bits per heavy atom. The summed E-state index contributed by atoms with van der Waals surface area (Å²) in [5.74, 6) is 0.191. The van der Waals surface area contributed by atoms with E-state index in [1.165, 1.54) is 12.1 Å². The monoisotopic (exact) mass is 349 g/mol. The number of halogens is 4. The van der Waals surface area contributed by atoms with Gasteiger partial charge in [0.2, 0.25) is 0 Å². The molecule has 2 rings (SSSR count). The van der Waals surface area contributed by atoms with E-state index in [1.54, 1.807) is 23.0 Å². The molecule has 2 aromatic rings. The van der Waals surface area contributed by atoms with Crippen LogP contribution in [0.2, 0.25) is 0 Å². The molecule has 0 aliphatic carbocycles. The molecule has 4 nitrogen and oxygen atoms in total. The zero-order chi connectivity index (χ0) is 14.9. The number of alkyl halides is 3. The number of anilines is 1. The third kappa shape index (κ3) is 3.24. The highest BCUT2D eigenvalue weighted by Gasteiger charge is 2.31. The first-order chi connectivity index (χ1) is 9.28. The molecular formula is C12H11BrF3N3O. The zero-order valence-electron chi connectivity index (χ0n) is 10.4. The van der Waals surface area contributed by atoms with Crippen LogP contribution in [0.1, 0.15) is 18.5 Å². The summed E-state index contributed by atoms with van der Waals surface area (Å²) in [7, 11) is 0. The summed E-state index contributed by atoms with van der Waals surface area (Å²) in [5.41, 5.74) is 6.60. The van der Waals surface area contributed by atoms with Crippen molar-refractivity contribution in [3.63, 3.8) is 0 Å². The number of rotatable bonds is 3. The van der Waals surface area contributed by atoms with Gasteiger partial charge in [-0.1, -0.05) is 12.1 Å². The number of nitrogen functional groups attached to an aromatic ring is 1. The first-order valence-electron chi connectivity index (χ1n) is 5.62. The molecule has 1 atom stereocenters. The Hall–Kier alpha value is -1.70. The lowest BCUT2D eigenvalue weighted by molar-refractivity contribution is -0.274. The predicted molar refractivity (Wildman–Crippen MR) is 71.3 cm³/mol. The van der Waals surface area contributed by atoms with Crippen LogP contribution in [0.4, 0.5) is 19.0 Å². The van der Waals surface area contributed by atoms with Gasteiger partial charge in [0.1, 0.15) is 11.6 Å². The molecule has 0 radical (unpaired) electrons. The number of nitrogens with zero attached hydrogens (tertiary/aromatic N) is 2. The highest BCUT2D eigenvalue weighted by atomic mass is 79.9. The number of nitrogens with two attached hydrogens (primary N) is 1. The van der Waals surface area contributed by atoms with Gasteiger partial charge in [-0.2, -0.15) is 5.10 Å². The van der Waals surface area contributed by atoms with Gasteiger partial charge in [-0.05, 0) is 40.5 Å². The van der Waals surface area contributed by atoms with Crippen LogP contribution in [0.3, 0.4) is 0 Å². The van der Waals surface area contributed by atoms with Crippen molar-refractivity contribution in [2.75, 3.05) is 5.73 Å². The van der Waals surface area contributed by atoms with E-state index < -0.39 is 6.36 Å². The molecule has 1 unspecified atom stereocenters. The third-order valence-electron chi connectivity index (χ3n) is 2.75. The second kappa shape index (κ2) is 5.35. The molecule has 0 saturated carbocycles. The first-order valence-corrected chi connectivity index (χ1v) is 6.41. The second-order valence-corrected chi connectivity index (χ2v) is 4.97. The molecule has 1 aromatic heterocycles. The van der Waals surface area contributed by atoms with E-state index >= 15 is 0 Å². The van der Waals surface area contributed by atoms with Crippen LogP contribution in [-0.2, 0) is 0 Å². The molecule has 8 heteroatoms. The summed E-state index contributed by atoms with van der Waals surface area (Å²) < 4.78 is 42.2. The lowest BCUT2D eigenvalue weighted by atomic mass is 10.1. The molecule has 0 saturated heterocycles. The largest absolute Gasteiger partial charge is 0.573 e. The minimum absolute atomic E-state index is 0.207. The number of aromatic nitrogens is 2. The van der Waals surface area contributed by atoms with Gasteiger partial charge >= 0.3 is 6.36 Å². The molecule has 0 amide bonds. The van der Waals surface area contributed by atoms with E-state index in [9.17, 15) is 13.2 Å². The summed E-state index contributed by atoms with van der Waals surface area (Å²) in [6.07, 6.45) is -3.13. The number of ether oxygens (including phenoxy) is 1. The Morgan fingerprint density at radius 1 is 1.30 bits per heavy atom. The topological polar surface area (TPSA) is 53.1 Å². The Labute approximate surface area is 121 Å². The van der Waals surface area contributed by atoms with Crippen molar-refractivity contribution in [2.24, 2.45) is 0 Å². The van der Waals surface area contributed by atoms with Crippen LogP contribution in [0.15, 0.2) is 34.9 Å². The van der Waals surface area contributed by atoms with Crippen molar-refractivity contribution < 1.29 is 17.9 Å². The Balaban J connectivity index is 2.20. The average Bonchev–Trinajstić information content (AvgIpc) is 2.68. The van der Waals surface area contributed by atoms with Crippen molar-refractivity contribution in [1.29, 1.82) is 0 Å². The van der Waals surface area contributed by atoms with Gasteiger partial charge in [0, 0.05) is 0 Å². The fourth-order valence-electron chi connectivity index (χ4n) is 1.75. The fraction of sp³-hybridized carbons (Fsp3) is 0.250. The van der Waals surface area contributed by atoms with E-state index in [0.717, 1.165) is 5.56 Å². The van der Waals surface area contributed by atoms with Crippen LogP contribution < -0.4 is 10.5 Å². The lowest BCUT2D eigenvalue weighted by Gasteiger charge is -2.15. The molecule has 0 bridgehead atoms. The van der Waals surface area contributed by atoms with E-state index in [1.807, 2.05) is 6.92 Å². The zero-order valence-corrected chi connectivity index (χ0v) is 11.9. The van der Waals surface area contributed by atoms with E-state index in [2.05, 4.69) is 25.8 Å². The molecule has 1 aromatic carbocycles. The van der Waals surface area contributed by atoms with Crippen LogP contribution >= 0.6 is 15.9 Å². The average molecular weight is 350 g/mol. The van der Waals surface area contributed by atoms with Gasteiger partial charge in [0.15, 0.2) is 0 Å². The van der Waals surface area contributed by atoms with Crippen molar-refractivity contribution in [1.82, 2.24) is 9.78 Å². The summed E-state index contributed by atoms with van der Waals surface area (Å²) in [6.45, 7) is 1.84. The van der Waals surface area contributed by atoms with Gasteiger partial charge in [-0.15, -0.1) is 13.2 Å². The minimum Gasteiger partial charge on any atom is -0.406 e. The van der Waals surface area contributed by atoms with E-state index in [0.29, 0.717) is 10.3 Å². The molecule has 0 aliphatic rings. The molecule has 0 spiro atoms. The van der Waals surface area contributed by atoms with Crippen LogP contribution in [-0.4, -0.2) is 16.1 Å². The van der Waals surface area contributed by atoms with Crippen molar-refractivity contribution in [2.45, 2.75) is 19.3 Å². The number of benzene rings is 1. The molecule has 20 heavy (non-hydrogen) atoms. The quantitative estimate of drug-likeness (QED) is 0.918. The fourth-order valence-corrected chi connectivity index (χ4v) is 2.02. The maximum absolute atomic E-state index is 12.1. The van der Waals surface area contributed by atoms with Crippen LogP contribution in [0.25, 0.3) is 0 Å². The van der Waals surface area contributed by atoms with Gasteiger partial charge in [0.25, 0.3) is 0 Å². The normalized spacial score (nSPS) is 13.2. The van der Waals surface area contributed by atoms with Crippen molar-refractivity contribution in [3.05, 3.63) is 40.5 Å². The van der Waals surface area contributed by atoms with Gasteiger partial charge in [-0.25, -0.2) is 4.68 Å². The molecular weight excluding hydrogens is 339 g/mol. The Morgan fingerprint density at radius 2 is 1.90 bits per heavy atom. The highest BCUT2D eigenvalue weighted by Crippen LogP contribution is 2.28. The second-order valence-electron chi connectivity index (χ2n) is 4.12. The van der Waals surface area contributed by atoms with Gasteiger partial charge in [0.05, 0.1) is 16.7 Å². The lowest BCUT2D eigenvalue weighted by Crippen LogP contribution is -2.17. The molecule has 108 valence electrons. The SMILES string of the molecule is CC(c1ccc(OC(F)(F)F)cc1)n1ncc(Br)c1N. The van der Waals surface area contributed by atoms with Crippen molar-refractivity contribution in [3.8, 4) is 5.75 Å². The predicted octanol–water partition coefficient (Wildman–Crippen LogP) is 3.74. The van der Waals surface area contributed by atoms with Gasteiger partial charge < -0.3 is 10.5 Å².